The number of aliphatic hydroxyl groups excluding tert-OH is 1. The van der Waals surface area contributed by atoms with Crippen LogP contribution in [0.15, 0.2) is 47.3 Å². The molecule has 7 heteroatoms. The van der Waals surface area contributed by atoms with Crippen molar-refractivity contribution in [1.29, 1.82) is 0 Å². The van der Waals surface area contributed by atoms with Gasteiger partial charge in [-0.1, -0.05) is 17.7 Å². The van der Waals surface area contributed by atoms with Crippen molar-refractivity contribution in [2.45, 2.75) is 26.0 Å². The van der Waals surface area contributed by atoms with Crippen molar-refractivity contribution in [2.75, 3.05) is 31.1 Å². The Morgan fingerprint density at radius 1 is 1.13 bits per heavy atom. The molecule has 0 aliphatic carbocycles. The SMILES string of the molecule is Cc1ccc(F)c2c(=O)[nH]c(CCC(O)N3CCN(c4ccc(Cl)cc4)CC3)cc12. The number of aliphatic hydroxyl groups is 1. The number of nitrogens with one attached hydrogen (secondary N) is 1. The zero-order valence-corrected chi connectivity index (χ0v) is 17.6. The number of hydrogen-bond donors (Lipinski definition) is 2. The minimum Gasteiger partial charge on any atom is -0.378 e. The van der Waals surface area contributed by atoms with Crippen molar-refractivity contribution in [1.82, 2.24) is 9.88 Å². The van der Waals surface area contributed by atoms with Gasteiger partial charge in [0.15, 0.2) is 0 Å². The third-order valence-corrected chi connectivity index (χ3v) is 6.08. The lowest BCUT2D eigenvalue weighted by Gasteiger charge is -2.38. The van der Waals surface area contributed by atoms with E-state index in [0.717, 1.165) is 42.5 Å². The molecule has 4 rings (SSSR count). The van der Waals surface area contributed by atoms with Crippen LogP contribution in [-0.2, 0) is 6.42 Å². The minimum absolute atomic E-state index is 0.0950. The highest BCUT2D eigenvalue weighted by Crippen LogP contribution is 2.22. The molecular formula is C23H25ClFN3O2. The Morgan fingerprint density at radius 2 is 1.83 bits per heavy atom. The molecule has 158 valence electrons. The van der Waals surface area contributed by atoms with Gasteiger partial charge < -0.3 is 15.0 Å². The fourth-order valence-electron chi connectivity index (χ4n) is 4.06. The van der Waals surface area contributed by atoms with E-state index in [1.54, 1.807) is 6.07 Å². The second kappa shape index (κ2) is 8.76. The number of piperazine rings is 1. The summed E-state index contributed by atoms with van der Waals surface area (Å²) >= 11 is 5.96. The molecular weight excluding hydrogens is 405 g/mol. The molecule has 0 bridgehead atoms. The normalized spacial score (nSPS) is 16.2. The molecule has 0 radical (unpaired) electrons. The highest BCUT2D eigenvalue weighted by molar-refractivity contribution is 6.30. The number of rotatable bonds is 5. The third kappa shape index (κ3) is 4.36. The molecule has 0 spiro atoms. The Hall–Kier alpha value is -2.41. The van der Waals surface area contributed by atoms with Gasteiger partial charge in [0.25, 0.3) is 5.56 Å². The van der Waals surface area contributed by atoms with Crippen LogP contribution >= 0.6 is 11.6 Å². The summed E-state index contributed by atoms with van der Waals surface area (Å²) in [6.07, 6.45) is 0.418. The fourth-order valence-corrected chi connectivity index (χ4v) is 4.19. The summed E-state index contributed by atoms with van der Waals surface area (Å²) in [7, 11) is 0. The first kappa shape index (κ1) is 20.8. The van der Waals surface area contributed by atoms with Gasteiger partial charge in [-0.15, -0.1) is 0 Å². The maximum absolute atomic E-state index is 14.0. The van der Waals surface area contributed by atoms with Crippen LogP contribution < -0.4 is 10.5 Å². The number of H-pyrrole nitrogens is 1. The molecule has 1 aliphatic heterocycles. The number of anilines is 1. The summed E-state index contributed by atoms with van der Waals surface area (Å²) < 4.78 is 14.0. The minimum atomic E-state index is -0.592. The smallest absolute Gasteiger partial charge is 0.259 e. The molecule has 30 heavy (non-hydrogen) atoms. The van der Waals surface area contributed by atoms with Gasteiger partial charge in [0.05, 0.1) is 5.39 Å². The Balaban J connectivity index is 1.37. The maximum atomic E-state index is 14.0. The first-order valence-electron chi connectivity index (χ1n) is 10.2. The molecule has 5 nitrogen and oxygen atoms in total. The molecule has 2 aromatic carbocycles. The van der Waals surface area contributed by atoms with Crippen molar-refractivity contribution >= 4 is 28.1 Å². The van der Waals surface area contributed by atoms with E-state index in [4.69, 9.17) is 11.6 Å². The standard InChI is InChI=1S/C23H25ClFN3O2/c1-15-2-8-20(25)22-19(15)14-17(26-23(22)30)5-9-21(29)28-12-10-27(11-13-28)18-6-3-16(24)4-7-18/h2-4,6-8,14,21,29H,5,9-13H2,1H3,(H,26,30). The Kier molecular flexibility index (Phi) is 6.09. The topological polar surface area (TPSA) is 59.6 Å². The molecule has 2 N–H and O–H groups in total. The van der Waals surface area contributed by atoms with Gasteiger partial charge in [0.2, 0.25) is 0 Å². The highest BCUT2D eigenvalue weighted by Gasteiger charge is 2.22. The largest absolute Gasteiger partial charge is 0.378 e. The van der Waals surface area contributed by atoms with Crippen LogP contribution in [0, 0.1) is 12.7 Å². The van der Waals surface area contributed by atoms with Crippen molar-refractivity contribution in [2.24, 2.45) is 0 Å². The van der Waals surface area contributed by atoms with Gasteiger partial charge in [-0.05, 0) is 67.1 Å². The number of aryl methyl sites for hydroxylation is 2. The predicted octanol–water partition coefficient (Wildman–Crippen LogP) is 3.70. The summed E-state index contributed by atoms with van der Waals surface area (Å²) in [5.41, 5.74) is 2.28. The number of fused-ring (bicyclic) bond motifs is 1. The monoisotopic (exact) mass is 429 g/mol. The van der Waals surface area contributed by atoms with Crippen LogP contribution in [0.3, 0.4) is 0 Å². The molecule has 1 unspecified atom stereocenters. The summed E-state index contributed by atoms with van der Waals surface area (Å²) in [4.78, 5) is 19.4. The molecule has 1 saturated heterocycles. The molecule has 0 saturated carbocycles. The van der Waals surface area contributed by atoms with Crippen LogP contribution in [0.25, 0.3) is 10.8 Å². The number of hydrogen-bond acceptors (Lipinski definition) is 4. The van der Waals surface area contributed by atoms with Gasteiger partial charge in [-0.3, -0.25) is 9.69 Å². The Labute approximate surface area is 179 Å². The van der Waals surface area contributed by atoms with Crippen molar-refractivity contribution < 1.29 is 9.50 Å². The van der Waals surface area contributed by atoms with Crippen molar-refractivity contribution in [3.8, 4) is 0 Å². The maximum Gasteiger partial charge on any atom is 0.259 e. The Bertz CT molecular complexity index is 1090. The molecule has 1 atom stereocenters. The van der Waals surface area contributed by atoms with E-state index in [1.807, 2.05) is 37.3 Å². The van der Waals surface area contributed by atoms with Crippen LogP contribution in [-0.4, -0.2) is 47.4 Å². The molecule has 2 heterocycles. The van der Waals surface area contributed by atoms with Crippen molar-refractivity contribution in [3.63, 3.8) is 0 Å². The van der Waals surface area contributed by atoms with Crippen LogP contribution in [0.2, 0.25) is 5.02 Å². The molecule has 1 fully saturated rings. The number of aromatic nitrogens is 1. The van der Waals surface area contributed by atoms with E-state index in [-0.39, 0.29) is 5.39 Å². The second-order valence-electron chi connectivity index (χ2n) is 7.80. The molecule has 0 amide bonds. The number of nitrogens with zero attached hydrogens (tertiary/aromatic N) is 2. The zero-order valence-electron chi connectivity index (χ0n) is 16.9. The average Bonchev–Trinajstić information content (AvgIpc) is 2.75. The molecule has 1 aromatic heterocycles. The van der Waals surface area contributed by atoms with E-state index in [2.05, 4.69) is 14.8 Å². The van der Waals surface area contributed by atoms with Crippen LogP contribution in [0.5, 0.6) is 0 Å². The summed E-state index contributed by atoms with van der Waals surface area (Å²) in [6.45, 7) is 5.01. The third-order valence-electron chi connectivity index (χ3n) is 5.83. The first-order valence-corrected chi connectivity index (χ1v) is 10.5. The highest BCUT2D eigenvalue weighted by atomic mass is 35.5. The zero-order chi connectivity index (χ0) is 21.3. The first-order chi connectivity index (χ1) is 14.4. The second-order valence-corrected chi connectivity index (χ2v) is 8.23. The molecule has 1 aliphatic rings. The summed E-state index contributed by atoms with van der Waals surface area (Å²) in [6, 6.07) is 12.6. The number of pyridine rings is 1. The average molecular weight is 430 g/mol. The lowest BCUT2D eigenvalue weighted by atomic mass is 10.0. The van der Waals surface area contributed by atoms with Gasteiger partial charge >= 0.3 is 0 Å². The van der Waals surface area contributed by atoms with Crippen molar-refractivity contribution in [3.05, 3.63) is 74.9 Å². The van der Waals surface area contributed by atoms with Gasteiger partial charge in [-0.2, -0.15) is 0 Å². The van der Waals surface area contributed by atoms with E-state index in [1.165, 1.54) is 6.07 Å². The van der Waals surface area contributed by atoms with E-state index < -0.39 is 17.6 Å². The van der Waals surface area contributed by atoms with Gasteiger partial charge in [0, 0.05) is 42.6 Å². The number of halogens is 2. The quantitative estimate of drug-likeness (QED) is 0.649. The lowest BCUT2D eigenvalue weighted by Crippen LogP contribution is -2.50. The predicted molar refractivity (Wildman–Crippen MR) is 119 cm³/mol. The van der Waals surface area contributed by atoms with E-state index >= 15 is 0 Å². The molecule has 3 aromatic rings. The van der Waals surface area contributed by atoms with Gasteiger partial charge in [-0.25, -0.2) is 4.39 Å². The fraction of sp³-hybridized carbons (Fsp3) is 0.348. The van der Waals surface area contributed by atoms with E-state index in [9.17, 15) is 14.3 Å². The van der Waals surface area contributed by atoms with E-state index in [0.29, 0.717) is 23.9 Å². The lowest BCUT2D eigenvalue weighted by molar-refractivity contribution is -0.00533. The number of aromatic amines is 1. The summed E-state index contributed by atoms with van der Waals surface area (Å²) in [5, 5.41) is 12.1. The van der Waals surface area contributed by atoms with Gasteiger partial charge in [0.1, 0.15) is 12.0 Å². The van der Waals surface area contributed by atoms with Crippen LogP contribution in [0.4, 0.5) is 10.1 Å². The van der Waals surface area contributed by atoms with Crippen LogP contribution in [0.1, 0.15) is 17.7 Å². The number of benzene rings is 2. The Morgan fingerprint density at radius 3 is 2.53 bits per heavy atom. The summed E-state index contributed by atoms with van der Waals surface area (Å²) in [5.74, 6) is -0.512.